The fourth-order valence-electron chi connectivity index (χ4n) is 5.11. The van der Waals surface area contributed by atoms with Crippen molar-refractivity contribution < 1.29 is 0 Å². The van der Waals surface area contributed by atoms with Gasteiger partial charge in [0.25, 0.3) is 0 Å². The summed E-state index contributed by atoms with van der Waals surface area (Å²) >= 11 is 0. The third-order valence-corrected chi connectivity index (χ3v) is 7.43. The van der Waals surface area contributed by atoms with Gasteiger partial charge >= 0.3 is 0 Å². The average Bonchev–Trinajstić information content (AvgIpc) is 2.75. The Hall–Kier alpha value is -0.850. The van der Waals surface area contributed by atoms with Crippen LogP contribution >= 0.6 is 0 Å². The molecule has 1 heterocycles. The summed E-state index contributed by atoms with van der Waals surface area (Å²) in [6.45, 7) is 14.3. The van der Waals surface area contributed by atoms with Gasteiger partial charge < -0.3 is 0 Å². The Balaban J connectivity index is 3.01. The van der Waals surface area contributed by atoms with E-state index in [-0.39, 0.29) is 10.8 Å². The van der Waals surface area contributed by atoms with Crippen LogP contribution in [0.5, 0.6) is 0 Å². The van der Waals surface area contributed by atoms with E-state index in [1.807, 2.05) is 0 Å². The number of rotatable bonds is 18. The number of hydrogen-bond acceptors (Lipinski definition) is 1. The highest BCUT2D eigenvalue weighted by Crippen LogP contribution is 2.39. The highest BCUT2D eigenvalue weighted by atomic mass is 14.6. The van der Waals surface area contributed by atoms with Crippen molar-refractivity contribution in [2.24, 2.45) is 0 Å². The van der Waals surface area contributed by atoms with Crippen LogP contribution in [0.4, 0.5) is 0 Å². The van der Waals surface area contributed by atoms with Crippen LogP contribution in [0.2, 0.25) is 0 Å². The fraction of sp³-hybridized carbons (Fsp3) is 0.828. The molecule has 30 heavy (non-hydrogen) atoms. The van der Waals surface area contributed by atoms with E-state index < -0.39 is 0 Å². The van der Waals surface area contributed by atoms with Crippen molar-refractivity contribution in [2.75, 3.05) is 0 Å². The van der Waals surface area contributed by atoms with Gasteiger partial charge in [-0.3, -0.25) is 4.98 Å². The van der Waals surface area contributed by atoms with Gasteiger partial charge in [-0.1, -0.05) is 125 Å². The minimum Gasteiger partial charge on any atom is -0.264 e. The fourth-order valence-corrected chi connectivity index (χ4v) is 5.11. The first-order valence-electron chi connectivity index (χ1n) is 13.4. The van der Waals surface area contributed by atoms with E-state index >= 15 is 0 Å². The summed E-state index contributed by atoms with van der Waals surface area (Å²) in [7, 11) is 0. The van der Waals surface area contributed by atoms with E-state index in [1.54, 1.807) is 0 Å². The Morgan fingerprint density at radius 3 is 1.47 bits per heavy atom. The molecule has 0 N–H and O–H groups in total. The SMILES string of the molecule is CCCCCCCC(C)(CCCC)c1cncc(C(C)(CCC)CCCCCC)c1. The topological polar surface area (TPSA) is 12.9 Å². The molecule has 0 aromatic carbocycles. The molecular formula is C29H53N. The van der Waals surface area contributed by atoms with Crippen LogP contribution in [-0.4, -0.2) is 4.98 Å². The van der Waals surface area contributed by atoms with Gasteiger partial charge in [-0.05, 0) is 47.6 Å². The molecule has 1 aromatic rings. The van der Waals surface area contributed by atoms with Crippen molar-refractivity contribution in [1.82, 2.24) is 4.98 Å². The van der Waals surface area contributed by atoms with Gasteiger partial charge in [0.15, 0.2) is 0 Å². The van der Waals surface area contributed by atoms with E-state index in [1.165, 1.54) is 114 Å². The van der Waals surface area contributed by atoms with Gasteiger partial charge in [0.1, 0.15) is 0 Å². The van der Waals surface area contributed by atoms with Crippen LogP contribution in [0.25, 0.3) is 0 Å². The molecule has 1 nitrogen and oxygen atoms in total. The summed E-state index contributed by atoms with van der Waals surface area (Å²) in [6.07, 6.45) is 25.6. The molecule has 0 radical (unpaired) electrons. The molecule has 0 amide bonds. The molecule has 0 aliphatic carbocycles. The Bertz CT molecular complexity index is 551. The van der Waals surface area contributed by atoms with E-state index in [2.05, 4.69) is 60.0 Å². The molecule has 2 unspecified atom stereocenters. The highest BCUT2D eigenvalue weighted by molar-refractivity contribution is 5.30. The zero-order chi connectivity index (χ0) is 22.3. The van der Waals surface area contributed by atoms with Gasteiger partial charge in [-0.2, -0.15) is 0 Å². The normalized spacial score (nSPS) is 15.7. The highest BCUT2D eigenvalue weighted by Gasteiger charge is 2.30. The number of nitrogens with zero attached hydrogens (tertiary/aromatic N) is 1. The summed E-state index contributed by atoms with van der Waals surface area (Å²) in [6, 6.07) is 2.56. The molecule has 1 aromatic heterocycles. The minimum absolute atomic E-state index is 0.276. The van der Waals surface area contributed by atoms with Gasteiger partial charge in [0.05, 0.1) is 0 Å². The standard InChI is InChI=1S/C29H53N/c1-7-11-14-16-18-22-29(6,20-13-9-3)27-23-26(24-30-25-27)28(5,19-10-4)21-17-15-12-8-2/h23-25H,7-22H2,1-6H3. The van der Waals surface area contributed by atoms with Crippen molar-refractivity contribution in [2.45, 2.75) is 155 Å². The molecule has 0 spiro atoms. The molecule has 0 aliphatic rings. The maximum Gasteiger partial charge on any atom is 0.0305 e. The molecule has 0 fully saturated rings. The Labute approximate surface area is 189 Å². The Morgan fingerprint density at radius 2 is 0.967 bits per heavy atom. The number of aromatic nitrogens is 1. The molecule has 0 saturated heterocycles. The van der Waals surface area contributed by atoms with Crippen LogP contribution in [-0.2, 0) is 10.8 Å². The predicted octanol–water partition coefficient (Wildman–Crippen LogP) is 9.92. The minimum atomic E-state index is 0.276. The summed E-state index contributed by atoms with van der Waals surface area (Å²) < 4.78 is 0. The van der Waals surface area contributed by atoms with Gasteiger partial charge in [0, 0.05) is 12.4 Å². The molecule has 174 valence electrons. The summed E-state index contributed by atoms with van der Waals surface area (Å²) in [5.41, 5.74) is 3.55. The summed E-state index contributed by atoms with van der Waals surface area (Å²) in [4.78, 5) is 4.81. The van der Waals surface area contributed by atoms with Crippen molar-refractivity contribution in [3.8, 4) is 0 Å². The van der Waals surface area contributed by atoms with E-state index in [0.29, 0.717) is 0 Å². The first-order valence-corrected chi connectivity index (χ1v) is 13.4. The predicted molar refractivity (Wildman–Crippen MR) is 136 cm³/mol. The second kappa shape index (κ2) is 15.0. The first kappa shape index (κ1) is 27.2. The Morgan fingerprint density at radius 1 is 0.533 bits per heavy atom. The third-order valence-electron chi connectivity index (χ3n) is 7.43. The largest absolute Gasteiger partial charge is 0.264 e. The van der Waals surface area contributed by atoms with Gasteiger partial charge in [0.2, 0.25) is 0 Å². The van der Waals surface area contributed by atoms with Crippen molar-refractivity contribution in [3.63, 3.8) is 0 Å². The molecule has 1 heteroatoms. The van der Waals surface area contributed by atoms with Crippen LogP contribution in [0.1, 0.15) is 155 Å². The molecule has 0 saturated carbocycles. The lowest BCUT2D eigenvalue weighted by molar-refractivity contribution is 0.358. The van der Waals surface area contributed by atoms with Crippen molar-refractivity contribution in [1.29, 1.82) is 0 Å². The van der Waals surface area contributed by atoms with E-state index in [4.69, 9.17) is 4.98 Å². The van der Waals surface area contributed by atoms with Gasteiger partial charge in [-0.15, -0.1) is 0 Å². The molecule has 0 bridgehead atoms. The number of pyridine rings is 1. The molecule has 0 aliphatic heterocycles. The lowest BCUT2D eigenvalue weighted by Crippen LogP contribution is -2.26. The smallest absolute Gasteiger partial charge is 0.0305 e. The molecular weight excluding hydrogens is 362 g/mol. The average molecular weight is 416 g/mol. The molecule has 2 atom stereocenters. The van der Waals surface area contributed by atoms with Gasteiger partial charge in [-0.25, -0.2) is 0 Å². The quantitative estimate of drug-likeness (QED) is 0.217. The van der Waals surface area contributed by atoms with Crippen molar-refractivity contribution in [3.05, 3.63) is 29.6 Å². The summed E-state index contributed by atoms with van der Waals surface area (Å²) in [5.74, 6) is 0. The van der Waals surface area contributed by atoms with Crippen molar-refractivity contribution >= 4 is 0 Å². The second-order valence-corrected chi connectivity index (χ2v) is 10.4. The second-order valence-electron chi connectivity index (χ2n) is 10.4. The van der Waals surface area contributed by atoms with Crippen LogP contribution in [0.15, 0.2) is 18.5 Å². The van der Waals surface area contributed by atoms with Crippen LogP contribution in [0.3, 0.4) is 0 Å². The van der Waals surface area contributed by atoms with Crippen LogP contribution < -0.4 is 0 Å². The maximum absolute atomic E-state index is 4.81. The van der Waals surface area contributed by atoms with Crippen LogP contribution in [0, 0.1) is 0 Å². The zero-order valence-electron chi connectivity index (χ0n) is 21.5. The maximum atomic E-state index is 4.81. The van der Waals surface area contributed by atoms with E-state index in [0.717, 1.165) is 0 Å². The monoisotopic (exact) mass is 415 g/mol. The zero-order valence-corrected chi connectivity index (χ0v) is 21.5. The lowest BCUT2D eigenvalue weighted by atomic mass is 9.71. The number of unbranched alkanes of at least 4 members (excludes halogenated alkanes) is 8. The lowest BCUT2D eigenvalue weighted by Gasteiger charge is -2.34. The first-order chi connectivity index (χ1) is 14.5. The third kappa shape index (κ3) is 9.11. The molecule has 1 rings (SSSR count). The Kier molecular flexibility index (Phi) is 13.6. The van der Waals surface area contributed by atoms with E-state index in [9.17, 15) is 0 Å². The summed E-state index contributed by atoms with van der Waals surface area (Å²) in [5, 5.41) is 0. The number of hydrogen-bond donors (Lipinski definition) is 0.